The van der Waals surface area contributed by atoms with Crippen LogP contribution in [0.3, 0.4) is 0 Å². The second kappa shape index (κ2) is 59.1. The van der Waals surface area contributed by atoms with Crippen LogP contribution in [-0.4, -0.2) is 37.2 Å². The molecule has 0 spiro atoms. The fourth-order valence-electron chi connectivity index (χ4n) is 6.74. The van der Waals surface area contributed by atoms with E-state index in [-0.39, 0.29) is 38.0 Å². The largest absolute Gasteiger partial charge is 0.462 e. The maximum atomic E-state index is 12.8. The van der Waals surface area contributed by atoms with E-state index >= 15 is 0 Å². The van der Waals surface area contributed by atoms with Crippen LogP contribution in [-0.2, 0) is 28.6 Å². The van der Waals surface area contributed by atoms with Crippen molar-refractivity contribution in [3.63, 3.8) is 0 Å². The molecule has 0 saturated heterocycles. The molecule has 0 aliphatic heterocycles. The summed E-state index contributed by atoms with van der Waals surface area (Å²) >= 11 is 0. The molecular formula is C67H100O6. The van der Waals surface area contributed by atoms with Gasteiger partial charge in [-0.3, -0.25) is 14.4 Å². The minimum absolute atomic E-state index is 0.0739. The molecule has 0 aliphatic rings. The smallest absolute Gasteiger partial charge is 0.310 e. The third-order valence-electron chi connectivity index (χ3n) is 10.9. The summed E-state index contributed by atoms with van der Waals surface area (Å²) in [6.45, 7) is 6.18. The van der Waals surface area contributed by atoms with Crippen molar-refractivity contribution < 1.29 is 28.6 Å². The van der Waals surface area contributed by atoms with Crippen molar-refractivity contribution in [3.05, 3.63) is 182 Å². The second-order valence-corrected chi connectivity index (χ2v) is 17.7. The third kappa shape index (κ3) is 57.3. The third-order valence-corrected chi connectivity index (χ3v) is 10.9. The lowest BCUT2D eigenvalue weighted by atomic mass is 10.1. The Bertz CT molecular complexity index is 1770. The molecule has 0 radical (unpaired) electrons. The molecule has 73 heavy (non-hydrogen) atoms. The molecule has 0 aromatic heterocycles. The van der Waals surface area contributed by atoms with Crippen LogP contribution in [0.4, 0.5) is 0 Å². The highest BCUT2D eigenvalue weighted by Gasteiger charge is 2.19. The van der Waals surface area contributed by atoms with E-state index < -0.39 is 12.1 Å². The van der Waals surface area contributed by atoms with E-state index in [9.17, 15) is 14.4 Å². The van der Waals surface area contributed by atoms with E-state index in [2.05, 4.69) is 191 Å². The average Bonchev–Trinajstić information content (AvgIpc) is 3.39. The molecule has 0 rings (SSSR count). The van der Waals surface area contributed by atoms with E-state index in [1.807, 2.05) is 6.08 Å². The topological polar surface area (TPSA) is 78.9 Å². The zero-order valence-corrected chi connectivity index (χ0v) is 46.1. The van der Waals surface area contributed by atoms with Crippen LogP contribution in [0.25, 0.3) is 0 Å². The molecule has 0 aromatic rings. The van der Waals surface area contributed by atoms with E-state index in [0.717, 1.165) is 141 Å². The Morgan fingerprint density at radius 3 is 0.932 bits per heavy atom. The van der Waals surface area contributed by atoms with Crippen LogP contribution in [0, 0.1) is 0 Å². The molecule has 1 unspecified atom stereocenters. The second-order valence-electron chi connectivity index (χ2n) is 17.7. The first-order chi connectivity index (χ1) is 36.0. The van der Waals surface area contributed by atoms with Crippen molar-refractivity contribution >= 4 is 17.9 Å². The van der Waals surface area contributed by atoms with Crippen LogP contribution in [0.2, 0.25) is 0 Å². The SMILES string of the molecule is CC/C=C\C/C=C\C/C=C\C/C=C\C/C=C\C/C=C\C/C=C\C/C=C\CCCCC(=O)OCC(COC(=O)CCCCCCC/C=C\C/C=C\CCC)OC(=O)C/C=C\C/C=C\C/C=C\C/C=C\C/C=C\CC. The number of rotatable bonds is 48. The molecule has 0 aliphatic carbocycles. The predicted octanol–water partition coefficient (Wildman–Crippen LogP) is 19.3. The number of carbonyl (C=O) groups is 3. The summed E-state index contributed by atoms with van der Waals surface area (Å²) < 4.78 is 16.7. The molecular weight excluding hydrogens is 901 g/mol. The van der Waals surface area contributed by atoms with Crippen LogP contribution < -0.4 is 0 Å². The summed E-state index contributed by atoms with van der Waals surface area (Å²) in [5, 5.41) is 0. The molecule has 6 heteroatoms. The average molecular weight is 1000 g/mol. The lowest BCUT2D eigenvalue weighted by molar-refractivity contribution is -0.166. The number of unbranched alkanes of at least 4 members (excludes halogenated alkanes) is 8. The quantitative estimate of drug-likeness (QED) is 0.0262. The Morgan fingerprint density at radius 2 is 0.575 bits per heavy atom. The molecule has 0 bridgehead atoms. The van der Waals surface area contributed by atoms with Gasteiger partial charge in [-0.2, -0.15) is 0 Å². The standard InChI is InChI=1S/C67H100O6/c1-4-7-10-13-16-19-22-25-27-28-29-30-31-32-33-34-35-36-37-38-40-42-45-48-51-54-57-60-66(69)72-63-64(62-71-65(68)59-56-53-50-47-44-41-24-21-18-15-12-9-6-3)73-67(70)61-58-55-52-49-46-43-39-26-23-20-17-14-11-8-5-2/h7-8,10-12,15-17,19-21,24-27,29-30,32-33,35-36,38-40,45-46,48-49,55,58,64H,4-6,9,13-14,18,22-23,28,31,34,37,41-44,47,50-54,56-57,59-63H2,1-3H3/b10-7-,11-8-,15-12-,19-16-,20-17-,24-21-,27-25-,30-29-,33-32-,36-35-,39-26-,40-38-,48-45-,49-46-,58-55-. The number of esters is 3. The van der Waals surface area contributed by atoms with Gasteiger partial charge in [-0.15, -0.1) is 0 Å². The first kappa shape index (κ1) is 67.5. The van der Waals surface area contributed by atoms with E-state index in [0.29, 0.717) is 19.3 Å². The number of hydrogen-bond donors (Lipinski definition) is 0. The number of ether oxygens (including phenoxy) is 3. The molecule has 404 valence electrons. The first-order valence-corrected chi connectivity index (χ1v) is 28.3. The van der Waals surface area contributed by atoms with Crippen LogP contribution >= 0.6 is 0 Å². The van der Waals surface area contributed by atoms with Crippen molar-refractivity contribution in [2.45, 2.75) is 207 Å². The summed E-state index contributed by atoms with van der Waals surface area (Å²) in [4.78, 5) is 38.0. The first-order valence-electron chi connectivity index (χ1n) is 28.3. The normalized spacial score (nSPS) is 13.5. The van der Waals surface area contributed by atoms with Crippen LogP contribution in [0.1, 0.15) is 201 Å². The highest BCUT2D eigenvalue weighted by molar-refractivity contribution is 5.72. The Morgan fingerprint density at radius 1 is 0.301 bits per heavy atom. The number of allylic oxidation sites excluding steroid dienone is 29. The monoisotopic (exact) mass is 1000 g/mol. The summed E-state index contributed by atoms with van der Waals surface area (Å²) in [5.74, 6) is -1.15. The Balaban J connectivity index is 4.56. The minimum Gasteiger partial charge on any atom is -0.462 e. The van der Waals surface area contributed by atoms with E-state index in [1.165, 1.54) is 6.42 Å². The van der Waals surface area contributed by atoms with Gasteiger partial charge in [0.15, 0.2) is 6.10 Å². The lowest BCUT2D eigenvalue weighted by Crippen LogP contribution is -2.30. The number of hydrogen-bond acceptors (Lipinski definition) is 6. The molecule has 0 saturated carbocycles. The van der Waals surface area contributed by atoms with Gasteiger partial charge in [0, 0.05) is 12.8 Å². The summed E-state index contributed by atoms with van der Waals surface area (Å²) in [6, 6.07) is 0. The van der Waals surface area contributed by atoms with Gasteiger partial charge in [0.05, 0.1) is 6.42 Å². The summed E-state index contributed by atoms with van der Waals surface area (Å²) in [7, 11) is 0. The van der Waals surface area contributed by atoms with Gasteiger partial charge < -0.3 is 14.2 Å². The Hall–Kier alpha value is -5.49. The predicted molar refractivity (Wildman–Crippen MR) is 315 cm³/mol. The zero-order chi connectivity index (χ0) is 52.9. The summed E-state index contributed by atoms with van der Waals surface area (Å²) in [5.41, 5.74) is 0. The Kier molecular flexibility index (Phi) is 54.6. The maximum Gasteiger partial charge on any atom is 0.310 e. The van der Waals surface area contributed by atoms with Crippen molar-refractivity contribution in [2.24, 2.45) is 0 Å². The van der Waals surface area contributed by atoms with Gasteiger partial charge >= 0.3 is 17.9 Å². The van der Waals surface area contributed by atoms with Crippen LogP contribution in [0.15, 0.2) is 182 Å². The minimum atomic E-state index is -0.867. The molecule has 0 fully saturated rings. The van der Waals surface area contributed by atoms with Gasteiger partial charge in [-0.05, 0) is 135 Å². The van der Waals surface area contributed by atoms with E-state index in [1.54, 1.807) is 6.08 Å². The fraction of sp³-hybridized carbons (Fsp3) is 0.507. The van der Waals surface area contributed by atoms with Gasteiger partial charge in [-0.25, -0.2) is 0 Å². The Labute approximate surface area is 446 Å². The fourth-order valence-corrected chi connectivity index (χ4v) is 6.74. The van der Waals surface area contributed by atoms with Gasteiger partial charge in [0.2, 0.25) is 0 Å². The van der Waals surface area contributed by atoms with Crippen molar-refractivity contribution in [1.82, 2.24) is 0 Å². The van der Waals surface area contributed by atoms with Crippen molar-refractivity contribution in [3.8, 4) is 0 Å². The molecule has 0 aromatic carbocycles. The van der Waals surface area contributed by atoms with E-state index in [4.69, 9.17) is 14.2 Å². The zero-order valence-electron chi connectivity index (χ0n) is 46.1. The molecule has 6 nitrogen and oxygen atoms in total. The highest BCUT2D eigenvalue weighted by atomic mass is 16.6. The van der Waals surface area contributed by atoms with Gasteiger partial charge in [0.25, 0.3) is 0 Å². The molecule has 0 heterocycles. The van der Waals surface area contributed by atoms with Gasteiger partial charge in [-0.1, -0.05) is 229 Å². The van der Waals surface area contributed by atoms with Gasteiger partial charge in [0.1, 0.15) is 13.2 Å². The molecule has 1 atom stereocenters. The van der Waals surface area contributed by atoms with Crippen molar-refractivity contribution in [2.75, 3.05) is 13.2 Å². The van der Waals surface area contributed by atoms with Crippen molar-refractivity contribution in [1.29, 1.82) is 0 Å². The molecule has 0 N–H and O–H groups in total. The lowest BCUT2D eigenvalue weighted by Gasteiger charge is -2.18. The maximum absolute atomic E-state index is 12.8. The van der Waals surface area contributed by atoms with Crippen LogP contribution in [0.5, 0.6) is 0 Å². The number of carbonyl (C=O) groups excluding carboxylic acids is 3. The molecule has 0 amide bonds. The summed E-state index contributed by atoms with van der Waals surface area (Å²) in [6.07, 6.45) is 89.1. The highest BCUT2D eigenvalue weighted by Crippen LogP contribution is 2.11.